The van der Waals surface area contributed by atoms with Gasteiger partial charge >= 0.3 is 23.9 Å². The van der Waals surface area contributed by atoms with Crippen molar-refractivity contribution in [2.75, 3.05) is 0 Å². The van der Waals surface area contributed by atoms with E-state index in [-0.39, 0.29) is 5.56 Å². The van der Waals surface area contributed by atoms with Gasteiger partial charge in [0.1, 0.15) is 16.7 Å². The number of rotatable bonds is 10. The van der Waals surface area contributed by atoms with E-state index in [0.29, 0.717) is 6.42 Å². The number of aromatic carboxylic acids is 3. The van der Waals surface area contributed by atoms with E-state index in [1.54, 1.807) is 13.8 Å². The smallest absolute Gasteiger partial charge is 0.340 e. The topological polar surface area (TPSA) is 157 Å². The third-order valence-electron chi connectivity index (χ3n) is 4.37. The Kier molecular flexibility index (Phi) is 7.42. The molecule has 0 fully saturated rings. The number of carboxylic acid groups (broad SMARTS) is 3. The van der Waals surface area contributed by atoms with Gasteiger partial charge in [0, 0.05) is 0 Å². The van der Waals surface area contributed by atoms with Crippen molar-refractivity contribution in [2.45, 2.75) is 39.2 Å². The fraction of sp³-hybridized carbons (Fsp3) is 0.273. The normalized spacial score (nSPS) is 10.8. The third-order valence-corrected chi connectivity index (χ3v) is 4.37. The van der Waals surface area contributed by atoms with Gasteiger partial charge in [-0.15, -0.1) is 0 Å². The number of carbonyl (C=O) groups excluding carboxylic acids is 1. The zero-order chi connectivity index (χ0) is 24.1. The zero-order valence-corrected chi connectivity index (χ0v) is 17.6. The van der Waals surface area contributed by atoms with Gasteiger partial charge in [-0.1, -0.05) is 25.5 Å². The Morgan fingerprint density at radius 3 is 1.69 bits per heavy atom. The van der Waals surface area contributed by atoms with Crippen molar-refractivity contribution in [1.29, 1.82) is 0 Å². The molecular weight excluding hydrogens is 424 g/mol. The number of carbonyl (C=O) groups is 4. The Labute approximate surface area is 182 Å². The maximum atomic E-state index is 12.6. The third kappa shape index (κ3) is 5.54. The highest BCUT2D eigenvalue weighted by Crippen LogP contribution is 2.29. The Hall–Kier alpha value is -4.08. The number of ether oxygens (including phenoxy) is 1. The van der Waals surface area contributed by atoms with E-state index in [9.17, 15) is 34.5 Å². The van der Waals surface area contributed by atoms with Crippen LogP contribution >= 0.6 is 0 Å². The highest BCUT2D eigenvalue weighted by Gasteiger charge is 2.29. The van der Waals surface area contributed by atoms with Gasteiger partial charge in [-0.2, -0.15) is 0 Å². The first-order chi connectivity index (χ1) is 15.0. The summed E-state index contributed by atoms with van der Waals surface area (Å²) in [6, 6.07) is 7.21. The highest BCUT2D eigenvalue weighted by atomic mass is 17.2. The maximum absolute atomic E-state index is 12.6. The molecule has 3 N–H and O–H groups in total. The summed E-state index contributed by atoms with van der Waals surface area (Å²) in [5, 5.41) is 28.2. The molecule has 0 atom stereocenters. The van der Waals surface area contributed by atoms with Crippen LogP contribution in [-0.4, -0.2) is 44.8 Å². The summed E-state index contributed by atoms with van der Waals surface area (Å²) in [6.45, 7) is 5.30. The molecule has 0 saturated carbocycles. The van der Waals surface area contributed by atoms with Crippen LogP contribution in [0.25, 0.3) is 0 Å². The lowest BCUT2D eigenvalue weighted by Crippen LogP contribution is -2.28. The number of esters is 1. The summed E-state index contributed by atoms with van der Waals surface area (Å²) < 4.78 is 5.42. The van der Waals surface area contributed by atoms with Gasteiger partial charge in [0.25, 0.3) is 0 Å². The van der Waals surface area contributed by atoms with E-state index in [0.717, 1.165) is 18.6 Å². The summed E-state index contributed by atoms with van der Waals surface area (Å²) in [5.74, 6) is -6.36. The fourth-order valence-corrected chi connectivity index (χ4v) is 3.04. The molecular formula is C22H22O10. The lowest BCUT2D eigenvalue weighted by molar-refractivity contribution is -0.101. The number of benzene rings is 2. The van der Waals surface area contributed by atoms with Crippen LogP contribution in [-0.2, 0) is 4.74 Å². The summed E-state index contributed by atoms with van der Waals surface area (Å²) in [4.78, 5) is 57.3. The van der Waals surface area contributed by atoms with Gasteiger partial charge in [-0.3, -0.25) is 9.78 Å². The predicted octanol–water partition coefficient (Wildman–Crippen LogP) is 3.89. The summed E-state index contributed by atoms with van der Waals surface area (Å²) in [7, 11) is 0. The quantitative estimate of drug-likeness (QED) is 0.278. The molecule has 0 spiro atoms. The van der Waals surface area contributed by atoms with E-state index in [1.165, 1.54) is 24.3 Å². The minimum Gasteiger partial charge on any atom is -0.478 e. The highest BCUT2D eigenvalue weighted by molar-refractivity contribution is 6.05. The second kappa shape index (κ2) is 9.82. The second-order valence-electron chi connectivity index (χ2n) is 7.34. The molecule has 0 bridgehead atoms. The minimum atomic E-state index is -1.59. The Balaban J connectivity index is 2.41. The number of hydrogen-bond donors (Lipinski definition) is 3. The fourth-order valence-electron chi connectivity index (χ4n) is 3.04. The van der Waals surface area contributed by atoms with Gasteiger partial charge in [0.2, 0.25) is 0 Å². The molecule has 2 rings (SSSR count). The van der Waals surface area contributed by atoms with E-state index >= 15 is 0 Å². The van der Waals surface area contributed by atoms with Crippen molar-refractivity contribution in [1.82, 2.24) is 0 Å². The average Bonchev–Trinajstić information content (AvgIpc) is 2.70. The van der Waals surface area contributed by atoms with Crippen LogP contribution in [0.2, 0.25) is 0 Å². The van der Waals surface area contributed by atoms with Crippen molar-refractivity contribution < 1.29 is 49.0 Å². The average molecular weight is 446 g/mol. The summed E-state index contributed by atoms with van der Waals surface area (Å²) in [5.41, 5.74) is -2.92. The van der Waals surface area contributed by atoms with Crippen molar-refractivity contribution in [2.24, 2.45) is 0 Å². The molecule has 10 nitrogen and oxygen atoms in total. The van der Waals surface area contributed by atoms with Gasteiger partial charge in [0.15, 0.2) is 11.5 Å². The molecule has 0 aliphatic heterocycles. The number of hydrogen-bond acceptors (Lipinski definition) is 7. The monoisotopic (exact) mass is 446 g/mol. The van der Waals surface area contributed by atoms with Crippen LogP contribution in [0.4, 0.5) is 0 Å². The van der Waals surface area contributed by atoms with Gasteiger partial charge in [0.05, 0.1) is 11.1 Å². The van der Waals surface area contributed by atoms with Crippen LogP contribution < -0.4 is 9.78 Å². The lowest BCUT2D eigenvalue weighted by Gasteiger charge is -2.25. The molecule has 170 valence electrons. The summed E-state index contributed by atoms with van der Waals surface area (Å²) in [6.07, 6.45) is 1.29. The van der Waals surface area contributed by atoms with Crippen LogP contribution in [0.3, 0.4) is 0 Å². The van der Waals surface area contributed by atoms with Crippen LogP contribution in [0, 0.1) is 0 Å². The van der Waals surface area contributed by atoms with Gasteiger partial charge in [-0.05, 0) is 44.5 Å². The van der Waals surface area contributed by atoms with Crippen molar-refractivity contribution in [3.63, 3.8) is 0 Å². The van der Waals surface area contributed by atoms with E-state index in [1.807, 2.05) is 6.92 Å². The molecule has 0 aliphatic rings. The minimum absolute atomic E-state index is 0.291. The molecule has 2 aromatic rings. The molecule has 0 aliphatic carbocycles. The van der Waals surface area contributed by atoms with E-state index < -0.39 is 57.7 Å². The lowest BCUT2D eigenvalue weighted by atomic mass is 10.0. The Morgan fingerprint density at radius 2 is 1.25 bits per heavy atom. The molecule has 0 saturated heterocycles. The van der Waals surface area contributed by atoms with Gasteiger partial charge in [-0.25, -0.2) is 19.2 Å². The van der Waals surface area contributed by atoms with Crippen molar-refractivity contribution in [3.05, 3.63) is 58.7 Å². The molecule has 0 unspecified atom stereocenters. The van der Waals surface area contributed by atoms with Crippen LogP contribution in [0.1, 0.15) is 75.0 Å². The van der Waals surface area contributed by atoms with Gasteiger partial charge < -0.3 is 20.1 Å². The van der Waals surface area contributed by atoms with Crippen LogP contribution in [0.15, 0.2) is 36.4 Å². The standard InChI is InChI=1S/C22H22O10/c1-4-11-22(2,3)30-21(29)13-8-6-10-15(17(13)20(27)28)32-31-14-9-5-7-12(18(23)24)16(14)19(25)26/h5-10H,4,11H2,1-3H3,(H,23,24)(H,25,26)(H,27,28). The van der Waals surface area contributed by atoms with Crippen LogP contribution in [0.5, 0.6) is 11.5 Å². The van der Waals surface area contributed by atoms with Crippen molar-refractivity contribution in [3.8, 4) is 11.5 Å². The Morgan fingerprint density at radius 1 is 0.781 bits per heavy atom. The molecule has 2 aromatic carbocycles. The Bertz CT molecular complexity index is 1050. The largest absolute Gasteiger partial charge is 0.478 e. The SMILES string of the molecule is CCCC(C)(C)OC(=O)c1cccc(OOc2cccc(C(=O)O)c2C(=O)O)c1C(=O)O. The maximum Gasteiger partial charge on any atom is 0.340 e. The molecule has 10 heteroatoms. The zero-order valence-electron chi connectivity index (χ0n) is 17.6. The number of carboxylic acids is 3. The first-order valence-corrected chi connectivity index (χ1v) is 9.52. The van der Waals surface area contributed by atoms with E-state index in [2.05, 4.69) is 0 Å². The molecule has 0 heterocycles. The van der Waals surface area contributed by atoms with E-state index in [4.69, 9.17) is 14.5 Å². The van der Waals surface area contributed by atoms with Crippen molar-refractivity contribution >= 4 is 23.9 Å². The predicted molar refractivity (Wildman–Crippen MR) is 109 cm³/mol. The first-order valence-electron chi connectivity index (χ1n) is 9.52. The molecule has 0 radical (unpaired) electrons. The molecule has 32 heavy (non-hydrogen) atoms. The molecule has 0 aromatic heterocycles. The second-order valence-corrected chi connectivity index (χ2v) is 7.34. The summed E-state index contributed by atoms with van der Waals surface area (Å²) >= 11 is 0. The first kappa shape index (κ1) is 24.2. The molecule has 0 amide bonds.